The Kier molecular flexibility index (Phi) is 17.7. The summed E-state index contributed by atoms with van der Waals surface area (Å²) in [5.41, 5.74) is 0. The Morgan fingerprint density at radius 3 is 1.22 bits per heavy atom. The van der Waals surface area contributed by atoms with E-state index < -0.39 is 10.4 Å². The van der Waals surface area contributed by atoms with E-state index in [9.17, 15) is 0 Å². The third-order valence-corrected chi connectivity index (χ3v) is 0. The molecule has 0 bridgehead atoms. The van der Waals surface area contributed by atoms with E-state index >= 15 is 0 Å². The summed E-state index contributed by atoms with van der Waals surface area (Å²) >= 11 is 0.382. The maximum absolute atomic E-state index is 8.52. The number of hydrogen-bond acceptors (Lipinski definition) is 4. The van der Waals surface area contributed by atoms with Gasteiger partial charge in [-0.05, 0) is 0 Å². The van der Waals surface area contributed by atoms with Gasteiger partial charge >= 0.3 is 50.3 Å². The fourth-order valence-corrected chi connectivity index (χ4v) is 0. The summed E-state index contributed by atoms with van der Waals surface area (Å²) in [5, 5.41) is 0. The topological polar surface area (TPSA) is 80.3 Å². The second-order valence-corrected chi connectivity index (χ2v) is 2.99. The first-order chi connectivity index (χ1) is 3.41. The summed E-state index contributed by atoms with van der Waals surface area (Å²) in [6.45, 7) is 0. The summed E-state index contributed by atoms with van der Waals surface area (Å²) in [7, 11) is 4.30. The second kappa shape index (κ2) is 9.48. The zero-order valence-electron chi connectivity index (χ0n) is 3.48. The van der Waals surface area contributed by atoms with Crippen LogP contribution in [-0.4, -0.2) is 17.5 Å². The minimum atomic E-state index is -5.17. The fourth-order valence-electron chi connectivity index (χ4n) is 0. The van der Waals surface area contributed by atoms with Crippen molar-refractivity contribution in [3.63, 3.8) is 0 Å². The first-order valence-electron chi connectivity index (χ1n) is 0.919. The molecule has 0 rings (SSSR count). The predicted octanol–water partition coefficient (Wildman–Crippen LogP) is 0.0360. The predicted molar refractivity (Wildman–Crippen MR) is 22.2 cm³/mol. The van der Waals surface area contributed by atoms with Crippen molar-refractivity contribution in [3.05, 3.63) is 0 Å². The first kappa shape index (κ1) is 16.8. The Hall–Kier alpha value is 1.48. The van der Waals surface area contributed by atoms with Gasteiger partial charge in [0.2, 0.25) is 0 Å². The Morgan fingerprint density at radius 2 is 1.22 bits per heavy atom. The van der Waals surface area contributed by atoms with Crippen molar-refractivity contribution in [2.24, 2.45) is 0 Å². The summed E-state index contributed by atoms with van der Waals surface area (Å²) in [6.07, 6.45) is 0. The smallest absolute Gasteiger partial charge is 2.00 e. The molecule has 0 saturated heterocycles. The average Bonchev–Trinajstić information content (AvgIpc) is 1.27. The van der Waals surface area contributed by atoms with Crippen LogP contribution in [0.4, 0.5) is 0 Å². The van der Waals surface area contributed by atoms with Gasteiger partial charge in [0.25, 0.3) is 0 Å². The molecule has 0 aromatic carbocycles. The van der Waals surface area contributed by atoms with Crippen molar-refractivity contribution in [3.8, 4) is 0 Å². The molecule has 0 N–H and O–H groups in total. The van der Waals surface area contributed by atoms with Crippen molar-refractivity contribution in [1.82, 2.24) is 0 Å². The van der Waals surface area contributed by atoms with Gasteiger partial charge in [-0.1, -0.05) is 0 Å². The van der Waals surface area contributed by atoms with Crippen LogP contribution < -0.4 is 0 Å². The van der Waals surface area contributed by atoms with Gasteiger partial charge in [0, 0.05) is 10.4 Å². The number of hydrogen-bond donors (Lipinski definition) is 0. The Morgan fingerprint density at radius 1 is 1.22 bits per heavy atom. The molecule has 4 nitrogen and oxygen atoms in total. The average molecular weight is 282 g/mol. The van der Waals surface area contributed by atoms with E-state index in [2.05, 4.69) is 0 Å². The molecule has 0 radical (unpaired) electrons. The number of rotatable bonds is 0. The molecule has 0 atom stereocenters. The Balaban J connectivity index is -0.0000000800. The summed E-state index contributed by atoms with van der Waals surface area (Å²) in [6, 6.07) is 0. The molecule has 0 aliphatic heterocycles. The fraction of sp³-hybridized carbons (Fsp3) is 0. The van der Waals surface area contributed by atoms with Crippen LogP contribution in [0.3, 0.4) is 0 Å². The van der Waals surface area contributed by atoms with Crippen LogP contribution in [0.2, 0.25) is 0 Å². The molecule has 0 unspecified atom stereocenters. The van der Waals surface area contributed by atoms with Gasteiger partial charge in [-0.25, -0.2) is 0 Å². The van der Waals surface area contributed by atoms with Gasteiger partial charge in [0.05, 0.1) is 0 Å². The van der Waals surface area contributed by atoms with Crippen molar-refractivity contribution in [2.75, 3.05) is 0 Å². The van der Waals surface area contributed by atoms with Crippen LogP contribution in [0, 0.1) is 0 Å². The molecule has 61 valence electrons. The maximum Gasteiger partial charge on any atom is 2.00 e. The molecule has 0 aromatic heterocycles. The van der Waals surface area contributed by atoms with Gasteiger partial charge in [-0.2, -0.15) is 0 Å². The molecular formula is Cl2CoFeO4S. The molecule has 0 aliphatic carbocycles. The monoisotopic (exact) mass is 281 g/mol. The van der Waals surface area contributed by atoms with Crippen molar-refractivity contribution >= 4 is 30.7 Å². The molecule has 9 heavy (non-hydrogen) atoms. The molecule has 0 saturated carbocycles. The van der Waals surface area contributed by atoms with Gasteiger partial charge < -0.3 is 9.11 Å². The third kappa shape index (κ3) is 243. The first-order valence-corrected chi connectivity index (χ1v) is 5.12. The van der Waals surface area contributed by atoms with E-state index in [1.165, 1.54) is 0 Å². The standard InChI is InChI=1S/2ClH.Co.Fe.H2O4S/c;;;;1-5(2,3)4/h2*1H;;;(H2,1,2,3,4)/q;;2*+2;/p-4. The molecule has 0 amide bonds. The summed E-state index contributed by atoms with van der Waals surface area (Å²) in [4.78, 5) is 0. The van der Waals surface area contributed by atoms with Crippen LogP contribution in [-0.2, 0) is 40.4 Å². The van der Waals surface area contributed by atoms with Crippen LogP contribution in [0.15, 0.2) is 0 Å². The molecule has 9 heteroatoms. The van der Waals surface area contributed by atoms with E-state index in [-0.39, 0.29) is 17.1 Å². The van der Waals surface area contributed by atoms with E-state index in [0.29, 0.717) is 12.9 Å². The van der Waals surface area contributed by atoms with Crippen molar-refractivity contribution in [1.29, 1.82) is 0 Å². The summed E-state index contributed by atoms with van der Waals surface area (Å²) < 4.78 is 34.1. The van der Waals surface area contributed by atoms with Crippen LogP contribution >= 0.6 is 20.3 Å². The van der Waals surface area contributed by atoms with E-state index in [1.54, 1.807) is 0 Å². The number of halogens is 2. The molecule has 0 aromatic rings. The van der Waals surface area contributed by atoms with Gasteiger partial charge in [-0.15, -0.1) is 0 Å². The van der Waals surface area contributed by atoms with Crippen LogP contribution in [0.5, 0.6) is 0 Å². The normalized spacial score (nSPS) is 8.89. The SMILES string of the molecule is O=S(=O)([O-])[O-].[Cl][Co][Cl].[Fe+2]. The van der Waals surface area contributed by atoms with Gasteiger partial charge in [-0.3, -0.25) is 8.42 Å². The molecule has 0 heterocycles. The van der Waals surface area contributed by atoms with E-state index in [1.807, 2.05) is 0 Å². The van der Waals surface area contributed by atoms with Crippen molar-refractivity contribution in [2.45, 2.75) is 0 Å². The zero-order valence-corrected chi connectivity index (χ0v) is 7.96. The quantitative estimate of drug-likeness (QED) is 0.357. The summed E-state index contributed by atoms with van der Waals surface area (Å²) in [5.74, 6) is 0. The Labute approximate surface area is 77.8 Å². The molecular weight excluding hydrogens is 282 g/mol. The van der Waals surface area contributed by atoms with Gasteiger partial charge in [0.1, 0.15) is 0 Å². The maximum atomic E-state index is 8.52. The third-order valence-electron chi connectivity index (χ3n) is 0. The minimum Gasteiger partial charge on any atom is 2.00 e. The molecule has 0 aliphatic rings. The second-order valence-electron chi connectivity index (χ2n) is 0.456. The van der Waals surface area contributed by atoms with E-state index in [4.69, 9.17) is 37.8 Å². The van der Waals surface area contributed by atoms with Crippen LogP contribution in [0.25, 0.3) is 0 Å². The largest absolute Gasteiger partial charge is 2.00 e. The molecule has 0 spiro atoms. The zero-order chi connectivity index (χ0) is 7.21. The van der Waals surface area contributed by atoms with Crippen molar-refractivity contribution < 1.29 is 47.5 Å². The minimum absolute atomic E-state index is 0. The Bertz CT molecular complexity index is 113. The van der Waals surface area contributed by atoms with Crippen LogP contribution in [0.1, 0.15) is 0 Å². The molecule has 0 fully saturated rings. The van der Waals surface area contributed by atoms with E-state index in [0.717, 1.165) is 0 Å². The van der Waals surface area contributed by atoms with Gasteiger partial charge in [0.15, 0.2) is 0 Å².